The molecule has 0 aromatic heterocycles. The van der Waals surface area contributed by atoms with Crippen LogP contribution in [0.4, 0.5) is 0 Å². The van der Waals surface area contributed by atoms with E-state index in [2.05, 4.69) is 0 Å². The average Bonchev–Trinajstić information content (AvgIpc) is 2.90. The lowest BCUT2D eigenvalue weighted by molar-refractivity contribution is -0.136. The predicted octanol–water partition coefficient (Wildman–Crippen LogP) is 2.48. The topological polar surface area (TPSA) is 72.6 Å². The highest BCUT2D eigenvalue weighted by atomic mass is 16.5. The van der Waals surface area contributed by atoms with E-state index in [4.69, 9.17) is 15.6 Å². The first-order valence-electron chi connectivity index (χ1n) is 6.90. The fourth-order valence-corrected chi connectivity index (χ4v) is 2.56. The van der Waals surface area contributed by atoms with Gasteiger partial charge in [-0.15, -0.1) is 0 Å². The second-order valence-corrected chi connectivity index (χ2v) is 5.03. The monoisotopic (exact) mass is 263 g/mol. The van der Waals surface area contributed by atoms with E-state index < -0.39 is 5.97 Å². The van der Waals surface area contributed by atoms with Crippen molar-refractivity contribution in [2.75, 3.05) is 0 Å². The van der Waals surface area contributed by atoms with Crippen molar-refractivity contribution in [2.24, 2.45) is 5.73 Å². The number of benzene rings is 1. The van der Waals surface area contributed by atoms with Crippen molar-refractivity contribution in [2.45, 2.75) is 51.2 Å². The second-order valence-electron chi connectivity index (χ2n) is 5.03. The molecule has 2 rings (SSSR count). The predicted molar refractivity (Wildman–Crippen MR) is 73.2 cm³/mol. The number of carboxylic acids is 1. The molecule has 3 N–H and O–H groups in total. The first kappa shape index (κ1) is 13.9. The third kappa shape index (κ3) is 3.70. The first-order valence-corrected chi connectivity index (χ1v) is 6.90. The highest BCUT2D eigenvalue weighted by Crippen LogP contribution is 2.30. The molecule has 1 aromatic rings. The van der Waals surface area contributed by atoms with Gasteiger partial charge < -0.3 is 15.6 Å². The molecule has 0 bridgehead atoms. The molecule has 4 nitrogen and oxygen atoms in total. The Hall–Kier alpha value is -1.55. The zero-order valence-electron chi connectivity index (χ0n) is 11.1. The zero-order chi connectivity index (χ0) is 13.7. The van der Waals surface area contributed by atoms with Gasteiger partial charge >= 0.3 is 5.97 Å². The molecule has 104 valence electrons. The quantitative estimate of drug-likeness (QED) is 0.827. The molecule has 1 saturated carbocycles. The molecule has 1 fully saturated rings. The molecule has 19 heavy (non-hydrogen) atoms. The molecule has 0 atom stereocenters. The number of ether oxygens (including phenoxy) is 1. The third-order valence-electron chi connectivity index (χ3n) is 3.59. The maximum absolute atomic E-state index is 10.7. The van der Waals surface area contributed by atoms with E-state index in [0.717, 1.165) is 29.7 Å². The van der Waals surface area contributed by atoms with Crippen LogP contribution in [-0.2, 0) is 17.8 Å². The summed E-state index contributed by atoms with van der Waals surface area (Å²) in [4.78, 5) is 10.7. The van der Waals surface area contributed by atoms with Gasteiger partial charge in [0, 0.05) is 18.5 Å². The Morgan fingerprint density at radius 2 is 2.00 bits per heavy atom. The minimum absolute atomic E-state index is 0.120. The van der Waals surface area contributed by atoms with Crippen molar-refractivity contribution in [3.63, 3.8) is 0 Å². The first-order chi connectivity index (χ1) is 9.20. The van der Waals surface area contributed by atoms with Crippen molar-refractivity contribution in [3.05, 3.63) is 29.3 Å². The fraction of sp³-hybridized carbons (Fsp3) is 0.533. The van der Waals surface area contributed by atoms with Crippen molar-refractivity contribution >= 4 is 5.97 Å². The second kappa shape index (κ2) is 6.57. The molecule has 1 aromatic carbocycles. The zero-order valence-corrected chi connectivity index (χ0v) is 11.1. The number of hydrogen-bond donors (Lipinski definition) is 2. The Morgan fingerprint density at radius 1 is 1.32 bits per heavy atom. The number of hydrogen-bond acceptors (Lipinski definition) is 3. The maximum Gasteiger partial charge on any atom is 0.303 e. The van der Waals surface area contributed by atoms with Gasteiger partial charge in [0.05, 0.1) is 6.10 Å². The molecule has 0 heterocycles. The number of rotatable bonds is 6. The Kier molecular flexibility index (Phi) is 4.80. The number of para-hydroxylation sites is 1. The van der Waals surface area contributed by atoms with Crippen LogP contribution in [0, 0.1) is 0 Å². The molecular weight excluding hydrogens is 242 g/mol. The molecular formula is C15H21NO3. The van der Waals surface area contributed by atoms with Crippen molar-refractivity contribution in [1.29, 1.82) is 0 Å². The highest BCUT2D eigenvalue weighted by Gasteiger charge is 2.19. The van der Waals surface area contributed by atoms with E-state index >= 15 is 0 Å². The van der Waals surface area contributed by atoms with Crippen LogP contribution in [-0.4, -0.2) is 17.2 Å². The SMILES string of the molecule is NCc1cccc(CCC(=O)O)c1OC1CCCC1. The Balaban J connectivity index is 2.17. The smallest absolute Gasteiger partial charge is 0.303 e. The molecule has 0 aliphatic heterocycles. The Morgan fingerprint density at radius 3 is 2.63 bits per heavy atom. The van der Waals surface area contributed by atoms with E-state index in [1.54, 1.807) is 0 Å². The fourth-order valence-electron chi connectivity index (χ4n) is 2.56. The number of carbonyl (C=O) groups is 1. The minimum atomic E-state index is -0.787. The molecule has 0 saturated heterocycles. The number of carboxylic acid groups (broad SMARTS) is 1. The largest absolute Gasteiger partial charge is 0.490 e. The van der Waals surface area contributed by atoms with Crippen LogP contribution in [0.1, 0.15) is 43.2 Å². The molecule has 1 aliphatic carbocycles. The summed E-state index contributed by atoms with van der Waals surface area (Å²) in [6, 6.07) is 5.81. The van der Waals surface area contributed by atoms with Gasteiger partial charge in [-0.25, -0.2) is 0 Å². The van der Waals surface area contributed by atoms with Crippen molar-refractivity contribution in [1.82, 2.24) is 0 Å². The number of aryl methyl sites for hydroxylation is 1. The minimum Gasteiger partial charge on any atom is -0.490 e. The molecule has 0 unspecified atom stereocenters. The van der Waals surface area contributed by atoms with Gasteiger partial charge in [0.15, 0.2) is 0 Å². The molecule has 0 spiro atoms. The Bertz CT molecular complexity index is 439. The molecule has 4 heteroatoms. The maximum atomic E-state index is 10.7. The summed E-state index contributed by atoms with van der Waals surface area (Å²) in [5.41, 5.74) is 7.68. The van der Waals surface area contributed by atoms with Crippen LogP contribution in [0.5, 0.6) is 5.75 Å². The Labute approximate surface area is 113 Å². The van der Waals surface area contributed by atoms with Crippen LogP contribution in [0.15, 0.2) is 18.2 Å². The van der Waals surface area contributed by atoms with Gasteiger partial charge in [-0.2, -0.15) is 0 Å². The summed E-state index contributed by atoms with van der Waals surface area (Å²) in [5.74, 6) is 0.0307. The van der Waals surface area contributed by atoms with Crippen LogP contribution < -0.4 is 10.5 Å². The van der Waals surface area contributed by atoms with Gasteiger partial charge in [-0.05, 0) is 37.7 Å². The van der Waals surface area contributed by atoms with Gasteiger partial charge in [0.25, 0.3) is 0 Å². The van der Waals surface area contributed by atoms with Gasteiger partial charge in [0.2, 0.25) is 0 Å². The lowest BCUT2D eigenvalue weighted by Gasteiger charge is -2.19. The summed E-state index contributed by atoms with van der Waals surface area (Å²) < 4.78 is 6.09. The van der Waals surface area contributed by atoms with E-state index in [-0.39, 0.29) is 12.5 Å². The van der Waals surface area contributed by atoms with E-state index in [9.17, 15) is 4.79 Å². The molecule has 0 radical (unpaired) electrons. The summed E-state index contributed by atoms with van der Waals surface area (Å²) in [6.45, 7) is 0.420. The van der Waals surface area contributed by atoms with Crippen molar-refractivity contribution < 1.29 is 14.6 Å². The standard InChI is InChI=1S/C15H21NO3/c16-10-12-5-3-4-11(8-9-14(17)18)15(12)19-13-6-1-2-7-13/h3-5,13H,1-2,6-10,16H2,(H,17,18). The highest BCUT2D eigenvalue weighted by molar-refractivity contribution is 5.67. The van der Waals surface area contributed by atoms with Gasteiger partial charge in [-0.1, -0.05) is 18.2 Å². The van der Waals surface area contributed by atoms with Crippen LogP contribution in [0.3, 0.4) is 0 Å². The summed E-state index contributed by atoms with van der Waals surface area (Å²) in [5, 5.41) is 8.81. The van der Waals surface area contributed by atoms with Gasteiger partial charge in [-0.3, -0.25) is 4.79 Å². The van der Waals surface area contributed by atoms with E-state index in [0.29, 0.717) is 13.0 Å². The lowest BCUT2D eigenvalue weighted by Crippen LogP contribution is -2.15. The summed E-state index contributed by atoms with van der Waals surface area (Å²) in [6.07, 6.45) is 5.45. The van der Waals surface area contributed by atoms with Crippen LogP contribution >= 0.6 is 0 Å². The lowest BCUT2D eigenvalue weighted by atomic mass is 10.0. The summed E-state index contributed by atoms with van der Waals surface area (Å²) in [7, 11) is 0. The molecule has 1 aliphatic rings. The van der Waals surface area contributed by atoms with E-state index in [1.165, 1.54) is 12.8 Å². The normalized spacial score (nSPS) is 15.6. The van der Waals surface area contributed by atoms with Crippen LogP contribution in [0.2, 0.25) is 0 Å². The average molecular weight is 263 g/mol. The van der Waals surface area contributed by atoms with Gasteiger partial charge in [0.1, 0.15) is 5.75 Å². The number of aliphatic carboxylic acids is 1. The third-order valence-corrected chi connectivity index (χ3v) is 3.59. The van der Waals surface area contributed by atoms with Crippen molar-refractivity contribution in [3.8, 4) is 5.75 Å². The number of nitrogens with two attached hydrogens (primary N) is 1. The summed E-state index contributed by atoms with van der Waals surface area (Å²) >= 11 is 0. The molecule has 0 amide bonds. The van der Waals surface area contributed by atoms with Crippen LogP contribution in [0.25, 0.3) is 0 Å². The van der Waals surface area contributed by atoms with E-state index in [1.807, 2.05) is 18.2 Å².